The average molecular weight is 236 g/mol. The number of carbonyl (C=O) groups is 1. The normalized spacial score (nSPS) is 9.82. The van der Waals surface area contributed by atoms with Crippen LogP contribution in [0.25, 0.3) is 0 Å². The number of esters is 1. The van der Waals surface area contributed by atoms with Gasteiger partial charge < -0.3 is 9.57 Å². The fraction of sp³-hybridized carbons (Fsp3) is 0.250. The van der Waals surface area contributed by atoms with Gasteiger partial charge in [0.15, 0.2) is 0 Å². The van der Waals surface area contributed by atoms with Crippen LogP contribution in [0, 0.1) is 0 Å². The molecule has 0 radical (unpaired) electrons. The zero-order valence-electron chi connectivity index (χ0n) is 9.97. The van der Waals surface area contributed by atoms with Crippen LogP contribution < -0.4 is 10.3 Å². The van der Waals surface area contributed by atoms with Crippen molar-refractivity contribution in [2.24, 2.45) is 0 Å². The first-order valence-electron chi connectivity index (χ1n) is 5.23. The van der Waals surface area contributed by atoms with E-state index < -0.39 is 5.97 Å². The summed E-state index contributed by atoms with van der Waals surface area (Å²) in [5.41, 5.74) is 2.77. The number of rotatable bonds is 6. The van der Waals surface area contributed by atoms with Gasteiger partial charge in [0.05, 0.1) is 6.61 Å². The molecule has 1 aromatic carbocycles. The van der Waals surface area contributed by atoms with Gasteiger partial charge in [0.2, 0.25) is 0 Å². The SMILES string of the molecule is C=C(NN(C)Oc1ccccc1)C(=O)OCC. The lowest BCUT2D eigenvalue weighted by atomic mass is 10.3. The second-order valence-corrected chi connectivity index (χ2v) is 3.21. The Hall–Kier alpha value is -2.01. The molecule has 0 unspecified atom stereocenters. The number of carbonyl (C=O) groups excluding carboxylic acids is 1. The predicted molar refractivity (Wildman–Crippen MR) is 63.7 cm³/mol. The predicted octanol–water partition coefficient (Wildman–Crippen LogP) is 1.49. The molecule has 0 heterocycles. The molecule has 0 atom stereocenters. The van der Waals surface area contributed by atoms with Crippen LogP contribution in [0.5, 0.6) is 5.75 Å². The Bertz CT molecular complexity index is 379. The summed E-state index contributed by atoms with van der Waals surface area (Å²) in [5.74, 6) is 0.148. The van der Waals surface area contributed by atoms with Crippen molar-refractivity contribution in [2.45, 2.75) is 6.92 Å². The van der Waals surface area contributed by atoms with Crippen molar-refractivity contribution in [2.75, 3.05) is 13.7 Å². The number of benzene rings is 1. The van der Waals surface area contributed by atoms with Crippen molar-refractivity contribution in [3.05, 3.63) is 42.6 Å². The van der Waals surface area contributed by atoms with Crippen LogP contribution in [0.15, 0.2) is 42.6 Å². The van der Waals surface area contributed by atoms with Crippen molar-refractivity contribution < 1.29 is 14.4 Å². The third-order valence-electron chi connectivity index (χ3n) is 1.80. The van der Waals surface area contributed by atoms with Gasteiger partial charge in [-0.2, -0.15) is 0 Å². The van der Waals surface area contributed by atoms with Crippen LogP contribution in [0.1, 0.15) is 6.92 Å². The summed E-state index contributed by atoms with van der Waals surface area (Å²) in [5, 5.41) is 1.29. The van der Waals surface area contributed by atoms with Gasteiger partial charge in [-0.15, -0.1) is 0 Å². The number of hydrazine groups is 1. The highest BCUT2D eigenvalue weighted by atomic mass is 16.7. The molecular formula is C12H16N2O3. The molecule has 1 rings (SSSR count). The van der Waals surface area contributed by atoms with Gasteiger partial charge in [-0.05, 0) is 19.1 Å². The summed E-state index contributed by atoms with van der Waals surface area (Å²) < 4.78 is 4.77. The van der Waals surface area contributed by atoms with Gasteiger partial charge in [0.1, 0.15) is 11.4 Å². The molecule has 0 aliphatic heterocycles. The molecule has 92 valence electrons. The van der Waals surface area contributed by atoms with E-state index in [9.17, 15) is 4.79 Å². The maximum absolute atomic E-state index is 11.3. The zero-order valence-corrected chi connectivity index (χ0v) is 9.97. The van der Waals surface area contributed by atoms with E-state index >= 15 is 0 Å². The number of hydrogen-bond acceptors (Lipinski definition) is 5. The molecule has 0 saturated carbocycles. The minimum Gasteiger partial charge on any atom is -0.461 e. The summed E-state index contributed by atoms with van der Waals surface area (Å²) in [6.07, 6.45) is 0. The average Bonchev–Trinajstić information content (AvgIpc) is 2.30. The molecule has 1 aromatic rings. The Labute approximate surface area is 101 Å². The summed E-state index contributed by atoms with van der Waals surface area (Å²) in [6, 6.07) is 9.18. The Kier molecular flexibility index (Phi) is 5.03. The first-order chi connectivity index (χ1) is 8.13. The van der Waals surface area contributed by atoms with Gasteiger partial charge >= 0.3 is 5.97 Å². The minimum atomic E-state index is -0.504. The third kappa shape index (κ3) is 4.56. The highest BCUT2D eigenvalue weighted by Crippen LogP contribution is 2.08. The highest BCUT2D eigenvalue weighted by molar-refractivity contribution is 5.86. The number of para-hydroxylation sites is 1. The van der Waals surface area contributed by atoms with E-state index in [1.165, 1.54) is 5.17 Å². The standard InChI is InChI=1S/C12H16N2O3/c1-4-16-12(15)10(2)13-14(3)17-11-8-6-5-7-9-11/h5-9,13H,2,4H2,1,3H3. The van der Waals surface area contributed by atoms with Gasteiger partial charge in [0, 0.05) is 7.05 Å². The van der Waals surface area contributed by atoms with E-state index in [1.807, 2.05) is 18.2 Å². The largest absolute Gasteiger partial charge is 0.461 e. The lowest BCUT2D eigenvalue weighted by molar-refractivity contribution is -0.142. The lowest BCUT2D eigenvalue weighted by Crippen LogP contribution is -2.38. The maximum atomic E-state index is 11.3. The van der Waals surface area contributed by atoms with E-state index in [1.54, 1.807) is 26.1 Å². The maximum Gasteiger partial charge on any atom is 0.355 e. The Morgan fingerprint density at radius 3 is 2.65 bits per heavy atom. The smallest absolute Gasteiger partial charge is 0.355 e. The van der Waals surface area contributed by atoms with Gasteiger partial charge in [-0.1, -0.05) is 30.0 Å². The molecule has 0 bridgehead atoms. The van der Waals surface area contributed by atoms with Crippen molar-refractivity contribution >= 4 is 5.97 Å². The van der Waals surface area contributed by atoms with E-state index in [0.717, 1.165) is 0 Å². The summed E-state index contributed by atoms with van der Waals surface area (Å²) in [6.45, 7) is 5.59. The summed E-state index contributed by atoms with van der Waals surface area (Å²) in [4.78, 5) is 16.6. The van der Waals surface area contributed by atoms with Gasteiger partial charge in [-0.3, -0.25) is 5.43 Å². The summed E-state index contributed by atoms with van der Waals surface area (Å²) in [7, 11) is 1.62. The van der Waals surface area contributed by atoms with Crippen LogP contribution in [0.3, 0.4) is 0 Å². The molecule has 5 nitrogen and oxygen atoms in total. The first-order valence-corrected chi connectivity index (χ1v) is 5.23. The monoisotopic (exact) mass is 236 g/mol. The van der Waals surface area contributed by atoms with Crippen LogP contribution in [0.2, 0.25) is 0 Å². The first kappa shape index (κ1) is 13.1. The van der Waals surface area contributed by atoms with Crippen LogP contribution in [-0.2, 0) is 9.53 Å². The second-order valence-electron chi connectivity index (χ2n) is 3.21. The molecule has 0 aliphatic carbocycles. The lowest BCUT2D eigenvalue weighted by Gasteiger charge is -2.19. The quantitative estimate of drug-likeness (QED) is 0.461. The molecular weight excluding hydrogens is 220 g/mol. The molecule has 0 spiro atoms. The third-order valence-corrected chi connectivity index (χ3v) is 1.80. The van der Waals surface area contributed by atoms with Gasteiger partial charge in [0.25, 0.3) is 0 Å². The Morgan fingerprint density at radius 2 is 2.06 bits per heavy atom. The van der Waals surface area contributed by atoms with E-state index in [-0.39, 0.29) is 5.70 Å². The molecule has 0 aromatic heterocycles. The number of hydroxylamine groups is 1. The van der Waals surface area contributed by atoms with Crippen LogP contribution in [0.4, 0.5) is 0 Å². The Morgan fingerprint density at radius 1 is 1.41 bits per heavy atom. The van der Waals surface area contributed by atoms with E-state index in [2.05, 4.69) is 12.0 Å². The van der Waals surface area contributed by atoms with Gasteiger partial charge in [-0.25, -0.2) is 4.79 Å². The fourth-order valence-electron chi connectivity index (χ4n) is 1.12. The van der Waals surface area contributed by atoms with Crippen molar-refractivity contribution in [3.63, 3.8) is 0 Å². The zero-order chi connectivity index (χ0) is 12.7. The molecule has 0 fully saturated rings. The number of nitrogens with one attached hydrogen (secondary N) is 1. The van der Waals surface area contributed by atoms with Crippen molar-refractivity contribution in [1.29, 1.82) is 0 Å². The molecule has 0 aliphatic rings. The minimum absolute atomic E-state index is 0.116. The number of hydrogen-bond donors (Lipinski definition) is 1. The Balaban J connectivity index is 2.42. The van der Waals surface area contributed by atoms with Crippen molar-refractivity contribution in [1.82, 2.24) is 10.6 Å². The van der Waals surface area contributed by atoms with Crippen LogP contribution in [-0.4, -0.2) is 24.8 Å². The molecule has 0 amide bonds. The fourth-order valence-corrected chi connectivity index (χ4v) is 1.12. The molecule has 1 N–H and O–H groups in total. The van der Waals surface area contributed by atoms with E-state index in [4.69, 9.17) is 9.57 Å². The number of ether oxygens (including phenoxy) is 1. The number of nitrogens with zero attached hydrogens (tertiary/aromatic N) is 1. The highest BCUT2D eigenvalue weighted by Gasteiger charge is 2.10. The summed E-state index contributed by atoms with van der Waals surface area (Å²) >= 11 is 0. The second kappa shape index (κ2) is 6.55. The molecule has 0 saturated heterocycles. The topological polar surface area (TPSA) is 50.8 Å². The molecule has 5 heteroatoms. The van der Waals surface area contributed by atoms with E-state index in [0.29, 0.717) is 12.4 Å². The van der Waals surface area contributed by atoms with Crippen LogP contribution >= 0.6 is 0 Å². The molecule has 17 heavy (non-hydrogen) atoms. The van der Waals surface area contributed by atoms with Crippen molar-refractivity contribution in [3.8, 4) is 5.75 Å².